The predicted molar refractivity (Wildman–Crippen MR) is 81.7 cm³/mol. The smallest absolute Gasteiger partial charge is 0.230 e. The van der Waals surface area contributed by atoms with E-state index in [2.05, 4.69) is 11.5 Å². The zero-order valence-corrected chi connectivity index (χ0v) is 13.2. The molecule has 0 aliphatic rings. The Morgan fingerprint density at radius 3 is 2.45 bits per heavy atom. The Hall–Kier alpha value is -1.37. The van der Waals surface area contributed by atoms with Crippen molar-refractivity contribution in [3.8, 4) is 0 Å². The van der Waals surface area contributed by atoms with Crippen molar-refractivity contribution in [1.82, 2.24) is 14.0 Å². The first-order chi connectivity index (χ1) is 9.35. The van der Waals surface area contributed by atoms with Crippen molar-refractivity contribution in [2.45, 2.75) is 19.2 Å². The molecule has 0 aliphatic heterocycles. The summed E-state index contributed by atoms with van der Waals surface area (Å²) in [6.07, 6.45) is 2.02. The second-order valence-corrected chi connectivity index (χ2v) is 7.01. The van der Waals surface area contributed by atoms with E-state index >= 15 is 0 Å². The lowest BCUT2D eigenvalue weighted by atomic mass is 10.2. The highest BCUT2D eigenvalue weighted by atomic mass is 32.2. The monoisotopic (exact) mass is 295 g/mol. The fraction of sp³-hybridized carbons (Fsp3) is 0.429. The van der Waals surface area contributed by atoms with Gasteiger partial charge in [0.1, 0.15) is 0 Å². The Kier molecular flexibility index (Phi) is 4.17. The third-order valence-corrected chi connectivity index (χ3v) is 5.32. The summed E-state index contributed by atoms with van der Waals surface area (Å²) in [5.74, 6) is 0.00885. The van der Waals surface area contributed by atoms with Gasteiger partial charge in [-0.1, -0.05) is 6.07 Å². The molecule has 1 aromatic carbocycles. The fourth-order valence-corrected chi connectivity index (χ4v) is 3.45. The van der Waals surface area contributed by atoms with Crippen LogP contribution in [-0.4, -0.2) is 43.6 Å². The molecule has 0 aliphatic carbocycles. The molecule has 0 amide bonds. The highest BCUT2D eigenvalue weighted by Gasteiger charge is 2.20. The quantitative estimate of drug-likeness (QED) is 0.792. The van der Waals surface area contributed by atoms with Crippen LogP contribution in [0.3, 0.4) is 0 Å². The summed E-state index contributed by atoms with van der Waals surface area (Å²) >= 11 is 0. The zero-order chi connectivity index (χ0) is 14.9. The Morgan fingerprint density at radius 1 is 1.15 bits per heavy atom. The summed E-state index contributed by atoms with van der Waals surface area (Å²) in [5.41, 5.74) is 1.94. The van der Waals surface area contributed by atoms with Gasteiger partial charge < -0.3 is 4.57 Å². The number of hydrogen-bond donors (Lipinski definition) is 0. The minimum absolute atomic E-state index is 0.00885. The molecule has 0 fully saturated rings. The molecule has 1 aromatic heterocycles. The van der Waals surface area contributed by atoms with E-state index in [-0.39, 0.29) is 5.75 Å². The maximum Gasteiger partial charge on any atom is 0.230 e. The molecule has 6 heteroatoms. The van der Waals surface area contributed by atoms with Crippen LogP contribution in [0.5, 0.6) is 0 Å². The number of hydrogen-bond acceptors (Lipinski definition) is 3. The second kappa shape index (κ2) is 5.55. The SMILES string of the molecule is CCn1ccc2cc(CS(=O)(=O)N(C)N(C)C)ccc21. The third-order valence-electron chi connectivity index (χ3n) is 3.49. The van der Waals surface area contributed by atoms with Crippen LogP contribution in [0.1, 0.15) is 12.5 Å². The van der Waals surface area contributed by atoms with Crippen LogP contribution in [0, 0.1) is 0 Å². The van der Waals surface area contributed by atoms with E-state index in [4.69, 9.17) is 0 Å². The highest BCUT2D eigenvalue weighted by molar-refractivity contribution is 7.88. The van der Waals surface area contributed by atoms with Gasteiger partial charge in [-0.15, -0.1) is 4.41 Å². The van der Waals surface area contributed by atoms with Crippen LogP contribution < -0.4 is 0 Å². The maximum absolute atomic E-state index is 12.2. The van der Waals surface area contributed by atoms with E-state index in [1.807, 2.05) is 30.5 Å². The number of nitrogens with zero attached hydrogens (tertiary/aromatic N) is 3. The number of fused-ring (bicyclic) bond motifs is 1. The first-order valence-corrected chi connectivity index (χ1v) is 8.17. The molecule has 110 valence electrons. The van der Waals surface area contributed by atoms with Crippen molar-refractivity contribution in [3.05, 3.63) is 36.0 Å². The minimum atomic E-state index is -3.33. The van der Waals surface area contributed by atoms with Crippen LogP contribution in [-0.2, 0) is 22.3 Å². The molecule has 0 atom stereocenters. The van der Waals surface area contributed by atoms with Gasteiger partial charge in [0, 0.05) is 39.4 Å². The summed E-state index contributed by atoms with van der Waals surface area (Å²) < 4.78 is 27.8. The highest BCUT2D eigenvalue weighted by Crippen LogP contribution is 2.20. The lowest BCUT2D eigenvalue weighted by molar-refractivity contribution is 0.159. The molecule has 5 nitrogen and oxygen atoms in total. The van der Waals surface area contributed by atoms with Crippen molar-refractivity contribution in [2.75, 3.05) is 21.1 Å². The lowest BCUT2D eigenvalue weighted by Gasteiger charge is -2.23. The molecule has 0 bridgehead atoms. The summed E-state index contributed by atoms with van der Waals surface area (Å²) in [6, 6.07) is 7.84. The summed E-state index contributed by atoms with van der Waals surface area (Å²) in [6.45, 7) is 2.99. The van der Waals surface area contributed by atoms with Gasteiger partial charge in [-0.3, -0.25) is 0 Å². The lowest BCUT2D eigenvalue weighted by Crippen LogP contribution is -2.39. The molecule has 0 N–H and O–H groups in total. The minimum Gasteiger partial charge on any atom is -0.348 e. The Morgan fingerprint density at radius 2 is 1.85 bits per heavy atom. The van der Waals surface area contributed by atoms with Crippen molar-refractivity contribution < 1.29 is 8.42 Å². The molecule has 1 heterocycles. The normalized spacial score (nSPS) is 12.7. The van der Waals surface area contributed by atoms with Gasteiger partial charge in [0.2, 0.25) is 10.0 Å². The van der Waals surface area contributed by atoms with Gasteiger partial charge >= 0.3 is 0 Å². The first kappa shape index (κ1) is 15.0. The standard InChI is InChI=1S/C14H21N3O2S/c1-5-17-9-8-13-10-12(6-7-14(13)17)11-20(18,19)16(4)15(2)3/h6-10H,5,11H2,1-4H3. The zero-order valence-electron chi connectivity index (χ0n) is 12.4. The van der Waals surface area contributed by atoms with Crippen LogP contribution in [0.2, 0.25) is 0 Å². The third kappa shape index (κ3) is 2.87. The Balaban J connectivity index is 2.31. The molecular formula is C14H21N3O2S. The first-order valence-electron chi connectivity index (χ1n) is 6.56. The molecule has 2 aromatic rings. The van der Waals surface area contributed by atoms with Gasteiger partial charge in [0.05, 0.1) is 5.75 Å². The maximum atomic E-state index is 12.2. The topological polar surface area (TPSA) is 45.6 Å². The van der Waals surface area contributed by atoms with Gasteiger partial charge in [-0.25, -0.2) is 13.4 Å². The number of aryl methyl sites for hydroxylation is 1. The van der Waals surface area contributed by atoms with E-state index in [9.17, 15) is 8.42 Å². The molecule has 0 spiro atoms. The molecule has 0 unspecified atom stereocenters. The Bertz CT molecular complexity index is 704. The number of benzene rings is 1. The van der Waals surface area contributed by atoms with Crippen LogP contribution >= 0.6 is 0 Å². The number of hydrazine groups is 1. The average molecular weight is 295 g/mol. The van der Waals surface area contributed by atoms with E-state index in [0.29, 0.717) is 0 Å². The molecule has 0 radical (unpaired) electrons. The van der Waals surface area contributed by atoms with E-state index in [1.54, 1.807) is 26.2 Å². The van der Waals surface area contributed by atoms with Gasteiger partial charge in [0.15, 0.2) is 0 Å². The summed E-state index contributed by atoms with van der Waals surface area (Å²) in [7, 11) is 1.65. The molecular weight excluding hydrogens is 274 g/mol. The molecule has 0 saturated carbocycles. The molecule has 20 heavy (non-hydrogen) atoms. The van der Waals surface area contributed by atoms with Crippen LogP contribution in [0.25, 0.3) is 10.9 Å². The van der Waals surface area contributed by atoms with E-state index < -0.39 is 10.0 Å². The van der Waals surface area contributed by atoms with Crippen molar-refractivity contribution in [3.63, 3.8) is 0 Å². The Labute approximate surface area is 120 Å². The van der Waals surface area contributed by atoms with Gasteiger partial charge in [-0.2, -0.15) is 0 Å². The van der Waals surface area contributed by atoms with E-state index in [1.165, 1.54) is 4.41 Å². The number of rotatable bonds is 5. The molecule has 2 rings (SSSR count). The van der Waals surface area contributed by atoms with Gasteiger partial charge in [0.25, 0.3) is 0 Å². The van der Waals surface area contributed by atoms with Crippen LogP contribution in [0.4, 0.5) is 0 Å². The van der Waals surface area contributed by atoms with Crippen molar-refractivity contribution in [1.29, 1.82) is 0 Å². The largest absolute Gasteiger partial charge is 0.348 e. The van der Waals surface area contributed by atoms with Gasteiger partial charge in [-0.05, 0) is 36.1 Å². The summed E-state index contributed by atoms with van der Waals surface area (Å²) in [4.78, 5) is 0. The number of sulfonamides is 1. The average Bonchev–Trinajstić information content (AvgIpc) is 2.79. The number of aromatic nitrogens is 1. The van der Waals surface area contributed by atoms with Crippen LogP contribution in [0.15, 0.2) is 30.5 Å². The van der Waals surface area contributed by atoms with E-state index in [0.717, 1.165) is 23.0 Å². The van der Waals surface area contributed by atoms with Crippen molar-refractivity contribution in [2.24, 2.45) is 0 Å². The van der Waals surface area contributed by atoms with Crippen molar-refractivity contribution >= 4 is 20.9 Å². The molecule has 0 saturated heterocycles. The second-order valence-electron chi connectivity index (χ2n) is 5.03. The fourth-order valence-electron chi connectivity index (χ4n) is 2.17. The predicted octanol–water partition coefficient (Wildman–Crippen LogP) is 1.90. The summed E-state index contributed by atoms with van der Waals surface area (Å²) in [5, 5.41) is 2.63.